The number of rotatable bonds is 7. The first-order valence-corrected chi connectivity index (χ1v) is 9.81. The van der Waals surface area contributed by atoms with Crippen molar-refractivity contribution in [3.8, 4) is 11.8 Å². The van der Waals surface area contributed by atoms with Crippen molar-refractivity contribution in [1.82, 2.24) is 0 Å². The summed E-state index contributed by atoms with van der Waals surface area (Å²) in [5.74, 6) is -1.34. The Morgan fingerprint density at radius 3 is 2.63 bits per heavy atom. The number of ether oxygens (including phenoxy) is 2. The maximum absolute atomic E-state index is 13.0. The number of nitrogens with one attached hydrogen (secondary N) is 1. The lowest BCUT2D eigenvalue weighted by molar-refractivity contribution is -0.123. The SMILES string of the molecule is CC(OC(=O)c1ccccc1OCc1ccc(F)cc1)C(=O)Nc1sccc1C#N. The van der Waals surface area contributed by atoms with Gasteiger partial charge in [-0.3, -0.25) is 4.79 Å². The molecular weight excluding hydrogens is 407 g/mol. The molecule has 2 aromatic carbocycles. The van der Waals surface area contributed by atoms with E-state index in [1.807, 2.05) is 6.07 Å². The summed E-state index contributed by atoms with van der Waals surface area (Å²) in [5, 5.41) is 13.7. The van der Waals surface area contributed by atoms with Crippen LogP contribution in [0.25, 0.3) is 0 Å². The predicted octanol–water partition coefficient (Wildman–Crippen LogP) is 4.52. The number of hydrogen-bond donors (Lipinski definition) is 1. The van der Waals surface area contributed by atoms with E-state index in [1.54, 1.807) is 41.8 Å². The van der Waals surface area contributed by atoms with Crippen LogP contribution in [0.5, 0.6) is 5.75 Å². The fourth-order valence-corrected chi connectivity index (χ4v) is 3.23. The van der Waals surface area contributed by atoms with Gasteiger partial charge >= 0.3 is 5.97 Å². The maximum atomic E-state index is 13.0. The third-order valence-electron chi connectivity index (χ3n) is 4.09. The Kier molecular flexibility index (Phi) is 6.78. The third kappa shape index (κ3) is 5.21. The summed E-state index contributed by atoms with van der Waals surface area (Å²) in [6, 6.07) is 15.9. The Labute approximate surface area is 176 Å². The fourth-order valence-electron chi connectivity index (χ4n) is 2.49. The monoisotopic (exact) mass is 424 g/mol. The largest absolute Gasteiger partial charge is 0.488 e. The second-order valence-corrected chi connectivity index (χ2v) is 7.14. The average Bonchev–Trinajstić information content (AvgIpc) is 3.20. The van der Waals surface area contributed by atoms with Gasteiger partial charge in [-0.1, -0.05) is 24.3 Å². The molecule has 1 amide bonds. The number of hydrogen-bond acceptors (Lipinski definition) is 6. The lowest BCUT2D eigenvalue weighted by Gasteiger charge is -2.15. The minimum Gasteiger partial charge on any atom is -0.488 e. The number of benzene rings is 2. The van der Waals surface area contributed by atoms with Crippen molar-refractivity contribution < 1.29 is 23.5 Å². The zero-order valence-corrected chi connectivity index (χ0v) is 16.7. The van der Waals surface area contributed by atoms with E-state index in [1.165, 1.54) is 36.5 Å². The summed E-state index contributed by atoms with van der Waals surface area (Å²) in [4.78, 5) is 24.9. The lowest BCUT2D eigenvalue weighted by Crippen LogP contribution is -2.30. The number of halogens is 1. The Morgan fingerprint density at radius 2 is 1.90 bits per heavy atom. The molecule has 0 spiro atoms. The van der Waals surface area contributed by atoms with Crippen LogP contribution in [0.4, 0.5) is 9.39 Å². The van der Waals surface area contributed by atoms with Gasteiger partial charge in [-0.05, 0) is 48.2 Å². The number of para-hydroxylation sites is 1. The quantitative estimate of drug-likeness (QED) is 0.563. The van der Waals surface area contributed by atoms with Crippen LogP contribution in [0.2, 0.25) is 0 Å². The molecule has 1 unspecified atom stereocenters. The van der Waals surface area contributed by atoms with Crippen LogP contribution < -0.4 is 10.1 Å². The van der Waals surface area contributed by atoms with E-state index in [-0.39, 0.29) is 23.7 Å². The first-order chi connectivity index (χ1) is 14.5. The molecule has 0 saturated heterocycles. The number of nitriles is 1. The first kappa shape index (κ1) is 21.0. The molecule has 6 nitrogen and oxygen atoms in total. The zero-order valence-electron chi connectivity index (χ0n) is 15.9. The number of thiophene rings is 1. The molecule has 1 atom stereocenters. The summed E-state index contributed by atoms with van der Waals surface area (Å²) >= 11 is 1.20. The number of anilines is 1. The molecule has 8 heteroatoms. The van der Waals surface area contributed by atoms with Gasteiger partial charge in [0.15, 0.2) is 6.10 Å². The van der Waals surface area contributed by atoms with Crippen molar-refractivity contribution in [3.05, 3.63) is 82.5 Å². The van der Waals surface area contributed by atoms with Crippen molar-refractivity contribution >= 4 is 28.2 Å². The average molecular weight is 424 g/mol. The Balaban J connectivity index is 1.64. The van der Waals surface area contributed by atoms with Crippen LogP contribution in [0, 0.1) is 17.1 Å². The van der Waals surface area contributed by atoms with Crippen LogP contribution in [-0.2, 0) is 16.1 Å². The van der Waals surface area contributed by atoms with E-state index in [4.69, 9.17) is 14.7 Å². The molecular formula is C22H17FN2O4S. The highest BCUT2D eigenvalue weighted by molar-refractivity contribution is 7.14. The van der Waals surface area contributed by atoms with Gasteiger partial charge in [0.05, 0.1) is 5.56 Å². The van der Waals surface area contributed by atoms with Crippen molar-refractivity contribution in [2.75, 3.05) is 5.32 Å². The molecule has 0 radical (unpaired) electrons. The maximum Gasteiger partial charge on any atom is 0.342 e. The molecule has 0 aliphatic heterocycles. The minimum absolute atomic E-state index is 0.135. The van der Waals surface area contributed by atoms with E-state index in [2.05, 4.69) is 5.32 Å². The molecule has 3 aromatic rings. The Bertz CT molecular complexity index is 1090. The lowest BCUT2D eigenvalue weighted by atomic mass is 10.2. The van der Waals surface area contributed by atoms with E-state index < -0.39 is 18.0 Å². The zero-order chi connectivity index (χ0) is 21.5. The Morgan fingerprint density at radius 1 is 1.17 bits per heavy atom. The summed E-state index contributed by atoms with van der Waals surface area (Å²) in [7, 11) is 0. The van der Waals surface area contributed by atoms with Crippen molar-refractivity contribution in [2.24, 2.45) is 0 Å². The second kappa shape index (κ2) is 9.67. The Hall–Kier alpha value is -3.70. The van der Waals surface area contributed by atoms with Gasteiger partial charge in [-0.25, -0.2) is 9.18 Å². The van der Waals surface area contributed by atoms with Gasteiger partial charge in [0.25, 0.3) is 5.91 Å². The third-order valence-corrected chi connectivity index (χ3v) is 4.92. The number of nitrogens with zero attached hydrogens (tertiary/aromatic N) is 1. The van der Waals surface area contributed by atoms with Crippen LogP contribution in [0.1, 0.15) is 28.4 Å². The molecule has 1 aromatic heterocycles. The number of carbonyl (C=O) groups is 2. The number of esters is 1. The van der Waals surface area contributed by atoms with Gasteiger partial charge in [-0.2, -0.15) is 5.26 Å². The van der Waals surface area contributed by atoms with E-state index >= 15 is 0 Å². The summed E-state index contributed by atoms with van der Waals surface area (Å²) in [6.07, 6.45) is -1.09. The molecule has 0 fully saturated rings. The predicted molar refractivity (Wildman–Crippen MR) is 110 cm³/mol. The highest BCUT2D eigenvalue weighted by atomic mass is 32.1. The molecule has 0 aliphatic rings. The van der Waals surface area contributed by atoms with Crippen LogP contribution in [0.15, 0.2) is 60.0 Å². The van der Waals surface area contributed by atoms with Gasteiger partial charge in [0.1, 0.15) is 34.8 Å². The molecule has 1 heterocycles. The normalized spacial score (nSPS) is 11.2. The topological polar surface area (TPSA) is 88.4 Å². The summed E-state index contributed by atoms with van der Waals surface area (Å²) in [6.45, 7) is 1.57. The molecule has 0 bridgehead atoms. The second-order valence-electron chi connectivity index (χ2n) is 6.22. The molecule has 152 valence electrons. The first-order valence-electron chi connectivity index (χ1n) is 8.93. The van der Waals surface area contributed by atoms with Gasteiger partial charge < -0.3 is 14.8 Å². The summed E-state index contributed by atoms with van der Waals surface area (Å²) in [5.41, 5.74) is 1.23. The fraction of sp³-hybridized carbons (Fsp3) is 0.136. The van der Waals surface area contributed by atoms with E-state index in [0.717, 1.165) is 5.56 Å². The van der Waals surface area contributed by atoms with Gasteiger partial charge in [0.2, 0.25) is 0 Å². The molecule has 0 saturated carbocycles. The molecule has 1 N–H and O–H groups in total. The van der Waals surface area contributed by atoms with Crippen molar-refractivity contribution in [2.45, 2.75) is 19.6 Å². The van der Waals surface area contributed by atoms with E-state index in [0.29, 0.717) is 10.6 Å². The number of carbonyl (C=O) groups excluding carboxylic acids is 2. The highest BCUT2D eigenvalue weighted by Gasteiger charge is 2.22. The van der Waals surface area contributed by atoms with E-state index in [9.17, 15) is 14.0 Å². The van der Waals surface area contributed by atoms with Crippen LogP contribution in [0.3, 0.4) is 0 Å². The molecule has 30 heavy (non-hydrogen) atoms. The van der Waals surface area contributed by atoms with Crippen LogP contribution in [-0.4, -0.2) is 18.0 Å². The van der Waals surface area contributed by atoms with Crippen LogP contribution >= 0.6 is 11.3 Å². The number of amides is 1. The highest BCUT2D eigenvalue weighted by Crippen LogP contribution is 2.24. The smallest absolute Gasteiger partial charge is 0.342 e. The standard InChI is InChI=1S/C22H17FN2O4S/c1-14(20(26)25-21-16(12-24)10-11-30-21)29-22(27)18-4-2-3-5-19(18)28-13-15-6-8-17(23)9-7-15/h2-11,14H,13H2,1H3,(H,25,26). The molecule has 0 aliphatic carbocycles. The molecule has 3 rings (SSSR count). The van der Waals surface area contributed by atoms with Gasteiger partial charge in [-0.15, -0.1) is 11.3 Å². The van der Waals surface area contributed by atoms with Crippen molar-refractivity contribution in [3.63, 3.8) is 0 Å². The van der Waals surface area contributed by atoms with Crippen molar-refractivity contribution in [1.29, 1.82) is 5.26 Å². The summed E-state index contributed by atoms with van der Waals surface area (Å²) < 4.78 is 24.0. The minimum atomic E-state index is -1.09. The van der Waals surface area contributed by atoms with Gasteiger partial charge in [0, 0.05) is 0 Å².